The van der Waals surface area contributed by atoms with Gasteiger partial charge in [-0.05, 0) is 96.3 Å². The molecular weight excluding hydrogens is 805 g/mol. The van der Waals surface area contributed by atoms with Crippen LogP contribution in [0, 0.1) is 0 Å². The highest BCUT2D eigenvalue weighted by atomic mass is 16.6. The summed E-state index contributed by atoms with van der Waals surface area (Å²) in [5, 5.41) is 0. The molecule has 1 unspecified atom stereocenters. The minimum Gasteiger partial charge on any atom is -0.462 e. The van der Waals surface area contributed by atoms with E-state index >= 15 is 0 Å². The number of rotatable bonds is 50. The van der Waals surface area contributed by atoms with E-state index in [9.17, 15) is 14.4 Å². The fraction of sp³-hybridized carbons (Fsp3) is 0.780. The fourth-order valence-corrected chi connectivity index (χ4v) is 7.77. The Morgan fingerprint density at radius 3 is 0.908 bits per heavy atom. The van der Waals surface area contributed by atoms with Crippen molar-refractivity contribution in [2.45, 2.75) is 284 Å². The van der Waals surface area contributed by atoms with Gasteiger partial charge in [0, 0.05) is 19.3 Å². The van der Waals surface area contributed by atoms with Gasteiger partial charge < -0.3 is 14.2 Å². The molecule has 0 bridgehead atoms. The predicted octanol–water partition coefficient (Wildman–Crippen LogP) is 18.4. The lowest BCUT2D eigenvalue weighted by Gasteiger charge is -2.18. The lowest BCUT2D eigenvalue weighted by molar-refractivity contribution is -0.167. The molecule has 0 spiro atoms. The van der Waals surface area contributed by atoms with Crippen LogP contribution in [0.15, 0.2) is 60.8 Å². The van der Waals surface area contributed by atoms with Gasteiger partial charge in [0.05, 0.1) is 0 Å². The first-order valence-corrected chi connectivity index (χ1v) is 27.8. The van der Waals surface area contributed by atoms with Crippen molar-refractivity contribution in [3.8, 4) is 0 Å². The van der Waals surface area contributed by atoms with Crippen molar-refractivity contribution >= 4 is 17.9 Å². The van der Waals surface area contributed by atoms with E-state index in [0.717, 1.165) is 77.0 Å². The number of hydrogen-bond donors (Lipinski definition) is 0. The molecule has 65 heavy (non-hydrogen) atoms. The summed E-state index contributed by atoms with van der Waals surface area (Å²) >= 11 is 0. The zero-order valence-electron chi connectivity index (χ0n) is 43.0. The zero-order valence-corrected chi connectivity index (χ0v) is 43.0. The van der Waals surface area contributed by atoms with E-state index in [1.165, 1.54) is 161 Å². The number of ether oxygens (including phenoxy) is 3. The summed E-state index contributed by atoms with van der Waals surface area (Å²) in [6.45, 7) is 6.56. The quantitative estimate of drug-likeness (QED) is 0.0199. The van der Waals surface area contributed by atoms with Crippen LogP contribution in [0.25, 0.3) is 0 Å². The van der Waals surface area contributed by atoms with E-state index in [4.69, 9.17) is 14.2 Å². The van der Waals surface area contributed by atoms with Crippen molar-refractivity contribution in [2.75, 3.05) is 13.2 Å². The third kappa shape index (κ3) is 51.9. The van der Waals surface area contributed by atoms with Crippen LogP contribution in [0.3, 0.4) is 0 Å². The Morgan fingerprint density at radius 1 is 0.308 bits per heavy atom. The van der Waals surface area contributed by atoms with Crippen LogP contribution in [-0.4, -0.2) is 37.2 Å². The molecule has 0 aliphatic carbocycles. The molecule has 0 N–H and O–H groups in total. The van der Waals surface area contributed by atoms with Gasteiger partial charge in [-0.15, -0.1) is 0 Å². The topological polar surface area (TPSA) is 78.9 Å². The van der Waals surface area contributed by atoms with Crippen molar-refractivity contribution in [3.05, 3.63) is 60.8 Å². The van der Waals surface area contributed by atoms with Crippen molar-refractivity contribution in [1.82, 2.24) is 0 Å². The van der Waals surface area contributed by atoms with E-state index in [2.05, 4.69) is 81.5 Å². The van der Waals surface area contributed by atoms with Gasteiger partial charge >= 0.3 is 17.9 Å². The minimum absolute atomic E-state index is 0.0887. The molecule has 0 aliphatic rings. The number of allylic oxidation sites excluding steroid dienone is 10. The molecule has 6 heteroatoms. The van der Waals surface area contributed by atoms with Crippen LogP contribution < -0.4 is 0 Å². The van der Waals surface area contributed by atoms with Gasteiger partial charge in [-0.25, -0.2) is 0 Å². The number of esters is 3. The number of hydrogen-bond acceptors (Lipinski definition) is 6. The highest BCUT2D eigenvalue weighted by Gasteiger charge is 2.19. The van der Waals surface area contributed by atoms with E-state index < -0.39 is 6.10 Å². The Balaban J connectivity index is 4.39. The molecule has 0 radical (unpaired) electrons. The van der Waals surface area contributed by atoms with E-state index in [-0.39, 0.29) is 31.1 Å². The smallest absolute Gasteiger partial charge is 0.306 e. The van der Waals surface area contributed by atoms with Gasteiger partial charge in [0.15, 0.2) is 6.10 Å². The molecule has 6 nitrogen and oxygen atoms in total. The van der Waals surface area contributed by atoms with Crippen LogP contribution in [0.2, 0.25) is 0 Å². The molecule has 0 saturated carbocycles. The van der Waals surface area contributed by atoms with E-state index in [1.807, 2.05) is 0 Å². The molecule has 0 aromatic carbocycles. The molecule has 0 aromatic rings. The SMILES string of the molecule is CCCCC/C=C\C=C/CCCCCCCCCCCCC(=O)OCC(COC(=O)CCCCCCC/C=C\CCCCC)OC(=O)CCCCC/C=C\C=C/CCCCCCCCC. The molecule has 0 aliphatic heterocycles. The number of carbonyl (C=O) groups excluding carboxylic acids is 3. The largest absolute Gasteiger partial charge is 0.462 e. The maximum Gasteiger partial charge on any atom is 0.306 e. The van der Waals surface area contributed by atoms with Crippen molar-refractivity contribution in [3.63, 3.8) is 0 Å². The molecule has 0 aromatic heterocycles. The summed E-state index contributed by atoms with van der Waals surface area (Å²) in [7, 11) is 0. The van der Waals surface area contributed by atoms with Crippen molar-refractivity contribution in [1.29, 1.82) is 0 Å². The van der Waals surface area contributed by atoms with Crippen LogP contribution in [0.1, 0.15) is 278 Å². The molecule has 0 heterocycles. The third-order valence-corrected chi connectivity index (χ3v) is 12.0. The van der Waals surface area contributed by atoms with Crippen LogP contribution in [0.4, 0.5) is 0 Å². The Morgan fingerprint density at radius 2 is 0.554 bits per heavy atom. The summed E-state index contributed by atoms with van der Waals surface area (Å²) in [6.07, 6.45) is 66.3. The van der Waals surface area contributed by atoms with Crippen LogP contribution >= 0.6 is 0 Å². The van der Waals surface area contributed by atoms with Gasteiger partial charge in [-0.2, -0.15) is 0 Å². The lowest BCUT2D eigenvalue weighted by Crippen LogP contribution is -2.30. The van der Waals surface area contributed by atoms with E-state index in [1.54, 1.807) is 0 Å². The third-order valence-electron chi connectivity index (χ3n) is 12.0. The fourth-order valence-electron chi connectivity index (χ4n) is 7.77. The minimum atomic E-state index is -0.792. The Kier molecular flexibility index (Phi) is 51.3. The summed E-state index contributed by atoms with van der Waals surface area (Å²) in [6, 6.07) is 0. The van der Waals surface area contributed by atoms with E-state index in [0.29, 0.717) is 19.3 Å². The van der Waals surface area contributed by atoms with Gasteiger partial charge in [0.1, 0.15) is 13.2 Å². The highest BCUT2D eigenvalue weighted by Crippen LogP contribution is 2.15. The Bertz CT molecular complexity index is 1180. The second-order valence-electron chi connectivity index (χ2n) is 18.5. The first-order chi connectivity index (χ1) is 32.0. The summed E-state index contributed by atoms with van der Waals surface area (Å²) in [4.78, 5) is 38.0. The molecule has 0 saturated heterocycles. The Labute approximate surface area is 402 Å². The van der Waals surface area contributed by atoms with Gasteiger partial charge in [-0.3, -0.25) is 14.4 Å². The number of carbonyl (C=O) groups is 3. The maximum absolute atomic E-state index is 12.8. The second kappa shape index (κ2) is 53.7. The summed E-state index contributed by atoms with van der Waals surface area (Å²) in [5.41, 5.74) is 0. The molecule has 0 amide bonds. The summed E-state index contributed by atoms with van der Waals surface area (Å²) in [5.74, 6) is -0.921. The monoisotopic (exact) mass is 909 g/mol. The average Bonchev–Trinajstić information content (AvgIpc) is 3.30. The van der Waals surface area contributed by atoms with Gasteiger partial charge in [-0.1, -0.05) is 223 Å². The maximum atomic E-state index is 12.8. The van der Waals surface area contributed by atoms with Gasteiger partial charge in [0.2, 0.25) is 0 Å². The average molecular weight is 909 g/mol. The standard InChI is InChI=1S/C59H104O6/c1-4-7-10-13-16-19-22-25-27-29-30-31-33-34-37-40-43-46-49-52-58(61)64-55-56(54-63-57(60)51-48-45-42-39-36-24-21-18-15-12-9-6-3)65-59(62)53-50-47-44-41-38-35-32-28-26-23-20-17-14-11-8-5-2/h16,18-19,21-22,25,28,32,35,38,56H,4-15,17,20,23-24,26-27,29-31,33-34,36-37,39-55H2,1-3H3/b19-16-,21-18-,25-22-,32-28-,38-35-. The first-order valence-electron chi connectivity index (χ1n) is 27.8. The molecule has 376 valence electrons. The van der Waals surface area contributed by atoms with Crippen molar-refractivity contribution < 1.29 is 28.6 Å². The molecule has 0 fully saturated rings. The van der Waals surface area contributed by atoms with Crippen LogP contribution in [-0.2, 0) is 28.6 Å². The number of unbranched alkanes of at least 4 members (excludes halogenated alkanes) is 31. The Hall–Kier alpha value is -2.89. The lowest BCUT2D eigenvalue weighted by atomic mass is 10.1. The molecule has 1 atom stereocenters. The molecular formula is C59H104O6. The molecule has 0 rings (SSSR count). The van der Waals surface area contributed by atoms with Crippen LogP contribution in [0.5, 0.6) is 0 Å². The second-order valence-corrected chi connectivity index (χ2v) is 18.5. The van der Waals surface area contributed by atoms with Crippen molar-refractivity contribution in [2.24, 2.45) is 0 Å². The highest BCUT2D eigenvalue weighted by molar-refractivity contribution is 5.71. The summed E-state index contributed by atoms with van der Waals surface area (Å²) < 4.78 is 16.8. The first kappa shape index (κ1) is 62.1. The normalized spacial score (nSPS) is 12.5. The van der Waals surface area contributed by atoms with Gasteiger partial charge in [0.25, 0.3) is 0 Å². The zero-order chi connectivity index (χ0) is 47.2. The predicted molar refractivity (Wildman–Crippen MR) is 279 cm³/mol.